The van der Waals surface area contributed by atoms with E-state index >= 15 is 0 Å². The number of hydrogen-bond acceptors (Lipinski definition) is 5. The molecule has 0 saturated carbocycles. The van der Waals surface area contributed by atoms with Crippen LogP contribution < -0.4 is 5.32 Å². The van der Waals surface area contributed by atoms with Crippen molar-refractivity contribution in [3.8, 4) is 0 Å². The number of aliphatic hydroxyl groups excluding tert-OH is 1. The Bertz CT molecular complexity index is 441. The Morgan fingerprint density at radius 3 is 1.53 bits per heavy atom. The molecule has 3 N–H and O–H groups in total. The fraction of sp³-hybridized carbons (Fsp3) is 0.913. The summed E-state index contributed by atoms with van der Waals surface area (Å²) >= 11 is 0. The molecular formula is C23H49NO5S. The highest BCUT2D eigenvalue weighted by atomic mass is 32.3. The van der Waals surface area contributed by atoms with E-state index < -0.39 is 10.4 Å². The van der Waals surface area contributed by atoms with Crippen molar-refractivity contribution in [3.05, 3.63) is 12.2 Å². The van der Waals surface area contributed by atoms with Gasteiger partial charge in [0.15, 0.2) is 0 Å². The lowest BCUT2D eigenvalue weighted by Gasteiger charge is -2.02. The fourth-order valence-corrected chi connectivity index (χ4v) is 3.06. The van der Waals surface area contributed by atoms with Crippen LogP contribution in [0.25, 0.3) is 0 Å². The summed E-state index contributed by atoms with van der Waals surface area (Å²) in [5.41, 5.74) is 0. The van der Waals surface area contributed by atoms with Crippen LogP contribution in [0.1, 0.15) is 110 Å². The zero-order chi connectivity index (χ0) is 22.8. The first-order valence-electron chi connectivity index (χ1n) is 12.0. The van der Waals surface area contributed by atoms with E-state index in [1.54, 1.807) is 0 Å². The maximum atomic E-state index is 9.33. The Morgan fingerprint density at radius 1 is 0.733 bits per heavy atom. The first-order chi connectivity index (χ1) is 14.5. The summed E-state index contributed by atoms with van der Waals surface area (Å²) in [6.07, 6.45) is 26.8. The average molecular weight is 452 g/mol. The Kier molecular flexibility index (Phi) is 28.1. The van der Waals surface area contributed by atoms with Gasteiger partial charge in [-0.05, 0) is 38.6 Å². The third-order valence-corrected chi connectivity index (χ3v) is 5.29. The molecule has 0 atom stereocenters. The summed E-state index contributed by atoms with van der Waals surface area (Å²) in [7, 11) is -3.29. The van der Waals surface area contributed by atoms with Crippen molar-refractivity contribution < 1.29 is 22.3 Å². The second-order valence-corrected chi connectivity index (χ2v) is 8.90. The molecule has 0 saturated heterocycles. The van der Waals surface area contributed by atoms with Crippen molar-refractivity contribution in [2.45, 2.75) is 110 Å². The largest absolute Gasteiger partial charge is 0.397 e. The number of aliphatic hydroxyl groups is 1. The maximum absolute atomic E-state index is 9.33. The Labute approximate surface area is 186 Å². The third kappa shape index (κ3) is 35.0. The minimum atomic E-state index is -4.16. The van der Waals surface area contributed by atoms with Crippen LogP contribution in [0.4, 0.5) is 0 Å². The quantitative estimate of drug-likeness (QED) is 0.116. The van der Waals surface area contributed by atoms with Gasteiger partial charge in [-0.3, -0.25) is 8.74 Å². The normalized spacial score (nSPS) is 11.6. The van der Waals surface area contributed by atoms with Crippen molar-refractivity contribution in [1.82, 2.24) is 5.32 Å². The summed E-state index contributed by atoms with van der Waals surface area (Å²) in [6, 6.07) is 0. The van der Waals surface area contributed by atoms with Crippen molar-refractivity contribution in [2.75, 3.05) is 26.8 Å². The molecule has 6 nitrogen and oxygen atoms in total. The van der Waals surface area contributed by atoms with E-state index in [1.807, 2.05) is 0 Å². The molecule has 0 aromatic rings. The van der Waals surface area contributed by atoms with Crippen LogP contribution in [-0.4, -0.2) is 44.9 Å². The Balaban J connectivity index is 0. The number of rotatable bonds is 21. The van der Waals surface area contributed by atoms with E-state index in [9.17, 15) is 8.42 Å². The smallest absolute Gasteiger partial charge is 0.395 e. The zero-order valence-electron chi connectivity index (χ0n) is 19.6. The molecule has 182 valence electrons. The fourth-order valence-electron chi connectivity index (χ4n) is 3.06. The predicted molar refractivity (Wildman–Crippen MR) is 127 cm³/mol. The van der Waals surface area contributed by atoms with Gasteiger partial charge < -0.3 is 10.4 Å². The van der Waals surface area contributed by atoms with E-state index in [0.717, 1.165) is 20.2 Å². The first kappa shape index (κ1) is 31.7. The molecule has 0 amide bonds. The van der Waals surface area contributed by atoms with Gasteiger partial charge >= 0.3 is 10.4 Å². The molecule has 0 aromatic heterocycles. The van der Waals surface area contributed by atoms with Gasteiger partial charge in [-0.15, -0.1) is 0 Å². The van der Waals surface area contributed by atoms with Gasteiger partial charge in [-0.25, -0.2) is 0 Å². The molecule has 0 bridgehead atoms. The molecule has 30 heavy (non-hydrogen) atoms. The maximum Gasteiger partial charge on any atom is 0.397 e. The highest BCUT2D eigenvalue weighted by Crippen LogP contribution is 2.11. The predicted octanol–water partition coefficient (Wildman–Crippen LogP) is 5.82. The SMILES string of the molecule is CCCCCCCCCCC=CCCCCCCCCNCCO.COS(=O)(=O)O. The molecule has 0 radical (unpaired) electrons. The molecular weight excluding hydrogens is 402 g/mol. The van der Waals surface area contributed by atoms with Crippen LogP contribution in [0.15, 0.2) is 12.2 Å². The molecule has 0 aliphatic carbocycles. The number of nitrogens with one attached hydrogen (secondary N) is 1. The van der Waals surface area contributed by atoms with Gasteiger partial charge in [-0.1, -0.05) is 89.7 Å². The van der Waals surface area contributed by atoms with Crippen molar-refractivity contribution in [2.24, 2.45) is 0 Å². The topological polar surface area (TPSA) is 95.9 Å². The van der Waals surface area contributed by atoms with Gasteiger partial charge in [0.1, 0.15) is 0 Å². The molecule has 0 aromatic carbocycles. The van der Waals surface area contributed by atoms with Gasteiger partial charge in [0, 0.05) is 6.54 Å². The molecule has 0 aliphatic heterocycles. The van der Waals surface area contributed by atoms with Crippen LogP contribution in [0.5, 0.6) is 0 Å². The van der Waals surface area contributed by atoms with E-state index in [4.69, 9.17) is 9.66 Å². The van der Waals surface area contributed by atoms with E-state index in [1.165, 1.54) is 103 Å². The summed E-state index contributed by atoms with van der Waals surface area (Å²) in [6.45, 7) is 4.34. The first-order valence-corrected chi connectivity index (χ1v) is 13.3. The van der Waals surface area contributed by atoms with Crippen LogP contribution in [0, 0.1) is 0 Å². The molecule has 0 aliphatic rings. The summed E-state index contributed by atoms with van der Waals surface area (Å²) in [5, 5.41) is 11.9. The molecule has 0 spiro atoms. The zero-order valence-corrected chi connectivity index (χ0v) is 20.4. The third-order valence-electron chi connectivity index (χ3n) is 4.86. The lowest BCUT2D eigenvalue weighted by molar-refractivity contribution is 0.292. The minimum Gasteiger partial charge on any atom is -0.395 e. The molecule has 0 unspecified atom stereocenters. The van der Waals surface area contributed by atoms with Crippen molar-refractivity contribution in [3.63, 3.8) is 0 Å². The summed E-state index contributed by atoms with van der Waals surface area (Å²) < 4.78 is 29.7. The van der Waals surface area contributed by atoms with E-state index in [0.29, 0.717) is 0 Å². The van der Waals surface area contributed by atoms with Crippen LogP contribution in [0.3, 0.4) is 0 Å². The highest BCUT2D eigenvalue weighted by molar-refractivity contribution is 7.80. The lowest BCUT2D eigenvalue weighted by Crippen LogP contribution is -2.19. The second-order valence-electron chi connectivity index (χ2n) is 7.71. The number of hydrogen-bond donors (Lipinski definition) is 3. The van der Waals surface area contributed by atoms with Crippen LogP contribution in [-0.2, 0) is 14.6 Å². The lowest BCUT2D eigenvalue weighted by atomic mass is 10.1. The van der Waals surface area contributed by atoms with E-state index in [-0.39, 0.29) is 6.61 Å². The second kappa shape index (κ2) is 26.6. The summed E-state index contributed by atoms with van der Waals surface area (Å²) in [4.78, 5) is 0. The summed E-state index contributed by atoms with van der Waals surface area (Å²) in [5.74, 6) is 0. The van der Waals surface area contributed by atoms with Gasteiger partial charge in [-0.2, -0.15) is 8.42 Å². The van der Waals surface area contributed by atoms with Crippen LogP contribution in [0.2, 0.25) is 0 Å². The number of unbranched alkanes of at least 4 members (excludes halogenated alkanes) is 14. The molecule has 0 rings (SSSR count). The van der Waals surface area contributed by atoms with Gasteiger partial charge in [0.05, 0.1) is 13.7 Å². The molecule has 0 heterocycles. The highest BCUT2D eigenvalue weighted by Gasteiger charge is 1.94. The Morgan fingerprint density at radius 2 is 1.13 bits per heavy atom. The average Bonchev–Trinajstić information content (AvgIpc) is 2.72. The molecule has 0 fully saturated rings. The molecule has 7 heteroatoms. The van der Waals surface area contributed by atoms with E-state index in [2.05, 4.69) is 28.6 Å². The standard InChI is InChI=1S/C22H45NO.CH4O4S/c1-2-3-4-5-6-7-8-9-10-11-12-13-14-15-16-17-18-19-20-23-21-22-24;1-5-6(2,3)4/h11-12,23-24H,2-10,13-22H2,1H3;1H3,(H,2,3,4). The van der Waals surface area contributed by atoms with Crippen LogP contribution >= 0.6 is 0 Å². The minimum absolute atomic E-state index is 0.257. The Hall–Kier alpha value is -0.470. The van der Waals surface area contributed by atoms with Gasteiger partial charge in [0.25, 0.3) is 0 Å². The monoisotopic (exact) mass is 451 g/mol. The van der Waals surface area contributed by atoms with Crippen molar-refractivity contribution >= 4 is 10.4 Å². The van der Waals surface area contributed by atoms with Gasteiger partial charge in [0.2, 0.25) is 0 Å². The number of allylic oxidation sites excluding steroid dienone is 2. The van der Waals surface area contributed by atoms with Crippen molar-refractivity contribution in [1.29, 1.82) is 0 Å².